The number of carbonyl (C=O) groups excluding carboxylic acids is 1. The molecule has 1 aromatic carbocycles. The van der Waals surface area contributed by atoms with Gasteiger partial charge in [-0.15, -0.1) is 0 Å². The molecule has 0 aromatic heterocycles. The number of benzene rings is 1. The van der Waals surface area contributed by atoms with E-state index in [0.717, 1.165) is 30.7 Å². The second-order valence-electron chi connectivity index (χ2n) is 4.76. The van der Waals surface area contributed by atoms with Crippen molar-refractivity contribution in [3.8, 4) is 11.8 Å². The first-order valence-corrected chi connectivity index (χ1v) is 6.88. The Balaban J connectivity index is 1.90. The summed E-state index contributed by atoms with van der Waals surface area (Å²) in [4.78, 5) is 12.0. The zero-order valence-corrected chi connectivity index (χ0v) is 11.4. The Morgan fingerprint density at radius 2 is 2.20 bits per heavy atom. The first-order chi connectivity index (χ1) is 9.79. The van der Waals surface area contributed by atoms with Gasteiger partial charge in [0.05, 0.1) is 19.1 Å². The summed E-state index contributed by atoms with van der Waals surface area (Å²) in [6, 6.07) is 7.39. The molecule has 20 heavy (non-hydrogen) atoms. The Kier molecular flexibility index (Phi) is 5.60. The summed E-state index contributed by atoms with van der Waals surface area (Å²) in [5.74, 6) is 5.78. The lowest BCUT2D eigenvalue weighted by Crippen LogP contribution is -2.30. The molecule has 0 radical (unpaired) electrons. The molecule has 106 valence electrons. The van der Waals surface area contributed by atoms with E-state index in [-0.39, 0.29) is 18.4 Å². The largest absolute Gasteiger partial charge is 0.395 e. The van der Waals surface area contributed by atoms with E-state index in [0.29, 0.717) is 13.0 Å². The van der Waals surface area contributed by atoms with Crippen molar-refractivity contribution in [2.75, 3.05) is 25.1 Å². The molecule has 2 rings (SSSR count). The quantitative estimate of drug-likeness (QED) is 0.825. The molecule has 1 heterocycles. The van der Waals surface area contributed by atoms with Crippen LogP contribution in [0.1, 0.15) is 24.8 Å². The van der Waals surface area contributed by atoms with Crippen LogP contribution >= 0.6 is 0 Å². The van der Waals surface area contributed by atoms with Crippen molar-refractivity contribution in [3.63, 3.8) is 0 Å². The zero-order chi connectivity index (χ0) is 14.2. The molecule has 1 unspecified atom stereocenters. The van der Waals surface area contributed by atoms with Crippen LogP contribution in [0.25, 0.3) is 0 Å². The normalized spacial score (nSPS) is 17.9. The summed E-state index contributed by atoms with van der Waals surface area (Å²) in [5, 5.41) is 11.6. The van der Waals surface area contributed by atoms with Gasteiger partial charge in [-0.05, 0) is 37.1 Å². The van der Waals surface area contributed by atoms with Crippen LogP contribution in [-0.2, 0) is 9.53 Å². The van der Waals surface area contributed by atoms with Gasteiger partial charge in [-0.1, -0.05) is 11.8 Å². The second-order valence-corrected chi connectivity index (χ2v) is 4.76. The molecule has 1 atom stereocenters. The van der Waals surface area contributed by atoms with Gasteiger partial charge in [0.25, 0.3) is 0 Å². The van der Waals surface area contributed by atoms with Crippen LogP contribution in [-0.4, -0.2) is 30.8 Å². The van der Waals surface area contributed by atoms with Crippen LogP contribution in [0.5, 0.6) is 0 Å². The third-order valence-corrected chi connectivity index (χ3v) is 3.15. The SMILES string of the molecule is O=C(Nc1ccc(C#CCCO)cc1)C1CCCOC1. The highest BCUT2D eigenvalue weighted by atomic mass is 16.5. The molecule has 1 aromatic rings. The lowest BCUT2D eigenvalue weighted by Gasteiger charge is -2.21. The summed E-state index contributed by atoms with van der Waals surface area (Å²) < 4.78 is 5.32. The van der Waals surface area contributed by atoms with Gasteiger partial charge in [0.15, 0.2) is 0 Å². The molecule has 0 bridgehead atoms. The van der Waals surface area contributed by atoms with Gasteiger partial charge in [-0.25, -0.2) is 0 Å². The average molecular weight is 273 g/mol. The fraction of sp³-hybridized carbons (Fsp3) is 0.438. The van der Waals surface area contributed by atoms with Crippen molar-refractivity contribution in [3.05, 3.63) is 29.8 Å². The number of hydrogen-bond acceptors (Lipinski definition) is 3. The van der Waals surface area contributed by atoms with E-state index in [1.807, 2.05) is 24.3 Å². The maximum Gasteiger partial charge on any atom is 0.229 e. The molecule has 0 aliphatic carbocycles. The molecule has 4 nitrogen and oxygen atoms in total. The number of aliphatic hydroxyl groups is 1. The van der Waals surface area contributed by atoms with E-state index >= 15 is 0 Å². The molecule has 1 fully saturated rings. The van der Waals surface area contributed by atoms with Crippen LogP contribution in [0.15, 0.2) is 24.3 Å². The number of rotatable bonds is 3. The van der Waals surface area contributed by atoms with Crippen LogP contribution < -0.4 is 5.32 Å². The Bertz CT molecular complexity index is 493. The van der Waals surface area contributed by atoms with Crippen molar-refractivity contribution in [2.45, 2.75) is 19.3 Å². The number of nitrogens with one attached hydrogen (secondary N) is 1. The minimum Gasteiger partial charge on any atom is -0.395 e. The Morgan fingerprint density at radius 3 is 2.85 bits per heavy atom. The second kappa shape index (κ2) is 7.68. The van der Waals surface area contributed by atoms with E-state index in [9.17, 15) is 4.79 Å². The summed E-state index contributed by atoms with van der Waals surface area (Å²) in [6.07, 6.45) is 2.30. The van der Waals surface area contributed by atoms with Crippen molar-refractivity contribution in [1.82, 2.24) is 0 Å². The van der Waals surface area contributed by atoms with Crippen molar-refractivity contribution >= 4 is 11.6 Å². The van der Waals surface area contributed by atoms with Crippen LogP contribution in [0.4, 0.5) is 5.69 Å². The number of anilines is 1. The highest BCUT2D eigenvalue weighted by Crippen LogP contribution is 2.16. The third-order valence-electron chi connectivity index (χ3n) is 3.15. The summed E-state index contributed by atoms with van der Waals surface area (Å²) >= 11 is 0. The van der Waals surface area contributed by atoms with E-state index < -0.39 is 0 Å². The topological polar surface area (TPSA) is 58.6 Å². The Morgan fingerprint density at radius 1 is 1.40 bits per heavy atom. The van der Waals surface area contributed by atoms with Crippen molar-refractivity contribution < 1.29 is 14.6 Å². The number of aliphatic hydroxyl groups excluding tert-OH is 1. The summed E-state index contributed by atoms with van der Waals surface area (Å²) in [7, 11) is 0. The molecule has 2 N–H and O–H groups in total. The third kappa shape index (κ3) is 4.37. The maximum atomic E-state index is 12.0. The first-order valence-electron chi connectivity index (χ1n) is 6.88. The lowest BCUT2D eigenvalue weighted by molar-refractivity contribution is -0.123. The predicted molar refractivity (Wildman–Crippen MR) is 77.2 cm³/mol. The lowest BCUT2D eigenvalue weighted by atomic mass is 10.0. The molecule has 1 aliphatic heterocycles. The van der Waals surface area contributed by atoms with Gasteiger partial charge in [-0.2, -0.15) is 0 Å². The fourth-order valence-electron chi connectivity index (χ4n) is 2.05. The minimum atomic E-state index is -0.0484. The van der Waals surface area contributed by atoms with Gasteiger partial charge in [0.2, 0.25) is 5.91 Å². The maximum absolute atomic E-state index is 12.0. The van der Waals surface area contributed by atoms with Crippen molar-refractivity contribution in [2.24, 2.45) is 5.92 Å². The van der Waals surface area contributed by atoms with E-state index in [2.05, 4.69) is 17.2 Å². The minimum absolute atomic E-state index is 0.0174. The van der Waals surface area contributed by atoms with Crippen LogP contribution in [0, 0.1) is 17.8 Å². The summed E-state index contributed by atoms with van der Waals surface area (Å²) in [5.41, 5.74) is 1.64. The predicted octanol–water partition coefficient (Wildman–Crippen LogP) is 1.79. The zero-order valence-electron chi connectivity index (χ0n) is 11.4. The summed E-state index contributed by atoms with van der Waals surface area (Å²) in [6.45, 7) is 1.34. The number of amides is 1. The van der Waals surface area contributed by atoms with E-state index in [1.165, 1.54) is 0 Å². The van der Waals surface area contributed by atoms with Gasteiger partial charge >= 0.3 is 0 Å². The van der Waals surface area contributed by atoms with Gasteiger partial charge < -0.3 is 15.2 Å². The van der Waals surface area contributed by atoms with E-state index in [1.54, 1.807) is 0 Å². The molecular weight excluding hydrogens is 254 g/mol. The van der Waals surface area contributed by atoms with Crippen LogP contribution in [0.3, 0.4) is 0 Å². The standard InChI is InChI=1S/C16H19NO3/c18-10-2-1-4-13-6-8-15(9-7-13)17-16(19)14-5-3-11-20-12-14/h6-9,14,18H,2-3,5,10-12H2,(H,17,19). The number of carbonyl (C=O) groups is 1. The molecule has 0 saturated carbocycles. The van der Waals surface area contributed by atoms with Crippen LogP contribution in [0.2, 0.25) is 0 Å². The first kappa shape index (κ1) is 14.6. The smallest absolute Gasteiger partial charge is 0.229 e. The van der Waals surface area contributed by atoms with Crippen molar-refractivity contribution in [1.29, 1.82) is 0 Å². The molecule has 1 aliphatic rings. The van der Waals surface area contributed by atoms with Gasteiger partial charge in [0.1, 0.15) is 0 Å². The Labute approximate surface area is 119 Å². The molecule has 4 heteroatoms. The molecular formula is C16H19NO3. The molecule has 1 saturated heterocycles. The number of ether oxygens (including phenoxy) is 1. The van der Waals surface area contributed by atoms with Gasteiger partial charge in [0, 0.05) is 24.3 Å². The monoisotopic (exact) mass is 273 g/mol. The van der Waals surface area contributed by atoms with Gasteiger partial charge in [-0.3, -0.25) is 4.79 Å². The average Bonchev–Trinajstić information content (AvgIpc) is 2.50. The molecule has 1 amide bonds. The fourth-order valence-corrected chi connectivity index (χ4v) is 2.05. The Hall–Kier alpha value is -1.83. The highest BCUT2D eigenvalue weighted by molar-refractivity contribution is 5.92. The van der Waals surface area contributed by atoms with E-state index in [4.69, 9.17) is 9.84 Å². The number of hydrogen-bond donors (Lipinski definition) is 2. The highest BCUT2D eigenvalue weighted by Gasteiger charge is 2.21. The molecule has 0 spiro atoms.